The number of anilines is 1. The molecular formula is C18H21N5O2S2. The first-order chi connectivity index (χ1) is 13.0. The molecule has 0 spiro atoms. The summed E-state index contributed by atoms with van der Waals surface area (Å²) in [5, 5.41) is 12.2. The third-order valence-electron chi connectivity index (χ3n) is 3.94. The van der Waals surface area contributed by atoms with E-state index in [2.05, 4.69) is 21.8 Å². The zero-order valence-electron chi connectivity index (χ0n) is 15.5. The van der Waals surface area contributed by atoms with Crippen LogP contribution < -0.4 is 4.90 Å². The monoisotopic (exact) mass is 403 g/mol. The highest BCUT2D eigenvalue weighted by molar-refractivity contribution is 7.98. The van der Waals surface area contributed by atoms with Crippen LogP contribution in [0.15, 0.2) is 39.9 Å². The number of furan rings is 1. The molecule has 0 aliphatic heterocycles. The molecule has 0 unspecified atom stereocenters. The van der Waals surface area contributed by atoms with Crippen molar-refractivity contribution in [2.75, 3.05) is 11.4 Å². The van der Waals surface area contributed by atoms with Crippen LogP contribution >= 0.6 is 23.1 Å². The summed E-state index contributed by atoms with van der Waals surface area (Å²) in [4.78, 5) is 17.9. The van der Waals surface area contributed by atoms with Crippen LogP contribution in [0.5, 0.6) is 0 Å². The Morgan fingerprint density at radius 2 is 2.30 bits per heavy atom. The molecule has 3 aromatic heterocycles. The van der Waals surface area contributed by atoms with E-state index in [-0.39, 0.29) is 5.91 Å². The number of amides is 1. The largest absolute Gasteiger partial charge is 0.469 e. The molecule has 27 heavy (non-hydrogen) atoms. The van der Waals surface area contributed by atoms with E-state index in [9.17, 15) is 4.79 Å². The molecule has 0 atom stereocenters. The van der Waals surface area contributed by atoms with E-state index in [4.69, 9.17) is 4.42 Å². The Kier molecular flexibility index (Phi) is 6.12. The van der Waals surface area contributed by atoms with Gasteiger partial charge in [-0.2, -0.15) is 0 Å². The highest BCUT2D eigenvalue weighted by Gasteiger charge is 2.18. The minimum absolute atomic E-state index is 0.00287. The van der Waals surface area contributed by atoms with Crippen LogP contribution in [0.3, 0.4) is 0 Å². The van der Waals surface area contributed by atoms with Crippen LogP contribution in [0.25, 0.3) is 11.4 Å². The molecule has 0 saturated carbocycles. The van der Waals surface area contributed by atoms with Crippen molar-refractivity contribution in [3.05, 3.63) is 41.8 Å². The highest BCUT2D eigenvalue weighted by Crippen LogP contribution is 2.30. The third kappa shape index (κ3) is 4.14. The molecule has 9 heteroatoms. The molecule has 1 amide bonds. The van der Waals surface area contributed by atoms with Gasteiger partial charge in [-0.25, -0.2) is 4.98 Å². The number of aryl methyl sites for hydroxylation is 1. The van der Waals surface area contributed by atoms with Crippen molar-refractivity contribution < 1.29 is 9.21 Å². The molecule has 3 aromatic rings. The maximum Gasteiger partial charge on any atom is 0.225 e. The summed E-state index contributed by atoms with van der Waals surface area (Å²) in [6.07, 6.45) is 3.47. The van der Waals surface area contributed by atoms with Gasteiger partial charge in [0.05, 0.1) is 17.5 Å². The van der Waals surface area contributed by atoms with Crippen molar-refractivity contribution in [2.45, 2.75) is 38.2 Å². The molecule has 142 valence electrons. The summed E-state index contributed by atoms with van der Waals surface area (Å²) in [6, 6.07) is 1.89. The quantitative estimate of drug-likeness (QED) is 0.415. The van der Waals surface area contributed by atoms with Gasteiger partial charge in [0.15, 0.2) is 16.1 Å². The first-order valence-electron chi connectivity index (χ1n) is 8.49. The number of thioether (sulfide) groups is 1. The number of aromatic nitrogens is 4. The Morgan fingerprint density at radius 1 is 1.48 bits per heavy atom. The predicted molar refractivity (Wildman–Crippen MR) is 108 cm³/mol. The topological polar surface area (TPSA) is 77.1 Å². The van der Waals surface area contributed by atoms with Crippen LogP contribution in [0.1, 0.15) is 25.3 Å². The zero-order valence-corrected chi connectivity index (χ0v) is 17.1. The Morgan fingerprint density at radius 3 is 2.93 bits per heavy atom. The number of thiazole rings is 1. The van der Waals surface area contributed by atoms with Gasteiger partial charge in [-0.3, -0.25) is 14.3 Å². The Balaban J connectivity index is 1.78. The number of rotatable bonds is 8. The SMILES string of the molecule is C=CCn1c(SCc2csc(N(CC)C(C)=O)n2)nnc1-c1ccoc1C. The molecule has 0 saturated heterocycles. The van der Waals surface area contributed by atoms with Gasteiger partial charge in [0.1, 0.15) is 5.76 Å². The van der Waals surface area contributed by atoms with Gasteiger partial charge in [0, 0.05) is 31.1 Å². The molecule has 0 aliphatic rings. The summed E-state index contributed by atoms with van der Waals surface area (Å²) in [6.45, 7) is 10.4. The van der Waals surface area contributed by atoms with E-state index in [1.165, 1.54) is 11.3 Å². The Hall–Kier alpha value is -2.39. The fourth-order valence-corrected chi connectivity index (χ4v) is 4.50. The number of hydrogen-bond acceptors (Lipinski definition) is 7. The van der Waals surface area contributed by atoms with E-state index in [0.29, 0.717) is 18.8 Å². The van der Waals surface area contributed by atoms with E-state index in [0.717, 1.165) is 33.1 Å². The molecule has 7 nitrogen and oxygen atoms in total. The van der Waals surface area contributed by atoms with Crippen molar-refractivity contribution in [2.24, 2.45) is 0 Å². The minimum atomic E-state index is -0.00287. The lowest BCUT2D eigenvalue weighted by Crippen LogP contribution is -2.27. The lowest BCUT2D eigenvalue weighted by molar-refractivity contribution is -0.116. The van der Waals surface area contributed by atoms with Gasteiger partial charge in [-0.15, -0.1) is 28.1 Å². The van der Waals surface area contributed by atoms with Crippen LogP contribution in [-0.2, 0) is 17.1 Å². The van der Waals surface area contributed by atoms with Crippen molar-refractivity contribution in [1.82, 2.24) is 19.7 Å². The molecule has 3 heterocycles. The summed E-state index contributed by atoms with van der Waals surface area (Å²) in [5.41, 5.74) is 1.83. The molecular weight excluding hydrogens is 382 g/mol. The Labute approximate surface area is 166 Å². The van der Waals surface area contributed by atoms with Crippen molar-refractivity contribution >= 4 is 34.1 Å². The fourth-order valence-electron chi connectivity index (χ4n) is 2.62. The molecule has 0 fully saturated rings. The van der Waals surface area contributed by atoms with Crippen molar-refractivity contribution in [1.29, 1.82) is 0 Å². The standard InChI is InChI=1S/C18H21N5O2S2/c1-5-8-23-16(15-7-9-25-12(15)3)20-21-18(23)27-11-14-10-26-17(19-14)22(6-2)13(4)24/h5,7,9-10H,1,6,8,11H2,2-4H3. The second-order valence-corrected chi connectivity index (χ2v) is 7.55. The lowest BCUT2D eigenvalue weighted by Gasteiger charge is -2.14. The summed E-state index contributed by atoms with van der Waals surface area (Å²) < 4.78 is 7.40. The van der Waals surface area contributed by atoms with E-state index < -0.39 is 0 Å². The fraction of sp³-hybridized carbons (Fsp3) is 0.333. The summed E-state index contributed by atoms with van der Waals surface area (Å²) >= 11 is 3.03. The second-order valence-electron chi connectivity index (χ2n) is 5.77. The molecule has 3 rings (SSSR count). The van der Waals surface area contributed by atoms with Crippen molar-refractivity contribution in [3.63, 3.8) is 0 Å². The van der Waals surface area contributed by atoms with Crippen LogP contribution in [-0.4, -0.2) is 32.2 Å². The highest BCUT2D eigenvalue weighted by atomic mass is 32.2. The van der Waals surface area contributed by atoms with Crippen molar-refractivity contribution in [3.8, 4) is 11.4 Å². The van der Waals surface area contributed by atoms with Crippen LogP contribution in [0.2, 0.25) is 0 Å². The van der Waals surface area contributed by atoms with Crippen LogP contribution in [0.4, 0.5) is 5.13 Å². The first kappa shape index (κ1) is 19.4. The van der Waals surface area contributed by atoms with Gasteiger partial charge in [0.25, 0.3) is 0 Å². The van der Waals surface area contributed by atoms with E-state index in [1.54, 1.807) is 29.8 Å². The molecule has 0 bridgehead atoms. The van der Waals surface area contributed by atoms with Gasteiger partial charge < -0.3 is 4.42 Å². The third-order valence-corrected chi connectivity index (χ3v) is 5.86. The van der Waals surface area contributed by atoms with E-state index in [1.807, 2.05) is 35.9 Å². The minimum Gasteiger partial charge on any atom is -0.469 e. The maximum atomic E-state index is 11.7. The van der Waals surface area contributed by atoms with Crippen LogP contribution in [0, 0.1) is 6.92 Å². The lowest BCUT2D eigenvalue weighted by atomic mass is 10.2. The molecule has 0 aromatic carbocycles. The number of carbonyl (C=O) groups excluding carboxylic acids is 1. The number of allylic oxidation sites excluding steroid dienone is 1. The van der Waals surface area contributed by atoms with Gasteiger partial charge in [0.2, 0.25) is 5.91 Å². The second kappa shape index (κ2) is 8.53. The maximum absolute atomic E-state index is 11.7. The molecule has 0 aliphatic carbocycles. The molecule has 0 N–H and O–H groups in total. The zero-order chi connectivity index (χ0) is 19.4. The summed E-state index contributed by atoms with van der Waals surface area (Å²) in [5.74, 6) is 2.21. The van der Waals surface area contributed by atoms with Gasteiger partial charge in [-0.05, 0) is 19.9 Å². The number of nitrogens with zero attached hydrogens (tertiary/aromatic N) is 5. The average molecular weight is 404 g/mol. The number of carbonyl (C=O) groups is 1. The van der Waals surface area contributed by atoms with E-state index >= 15 is 0 Å². The first-order valence-corrected chi connectivity index (χ1v) is 10.4. The predicted octanol–water partition coefficient (Wildman–Crippen LogP) is 4.15. The number of hydrogen-bond donors (Lipinski definition) is 0. The molecule has 0 radical (unpaired) electrons. The Bertz CT molecular complexity index is 943. The average Bonchev–Trinajstić information content (AvgIpc) is 3.35. The normalized spacial score (nSPS) is 10.9. The van der Waals surface area contributed by atoms with Gasteiger partial charge >= 0.3 is 0 Å². The summed E-state index contributed by atoms with van der Waals surface area (Å²) in [7, 11) is 0. The van der Waals surface area contributed by atoms with Gasteiger partial charge in [-0.1, -0.05) is 17.8 Å². The smallest absolute Gasteiger partial charge is 0.225 e.